The van der Waals surface area contributed by atoms with E-state index in [-0.39, 0.29) is 5.56 Å². The Labute approximate surface area is 92.2 Å². The third-order valence-electron chi connectivity index (χ3n) is 2.52. The summed E-state index contributed by atoms with van der Waals surface area (Å²) in [7, 11) is 0. The maximum Gasteiger partial charge on any atom is 0.257 e. The molecule has 0 aliphatic rings. The van der Waals surface area contributed by atoms with Crippen LogP contribution >= 0.6 is 0 Å². The zero-order valence-corrected chi connectivity index (χ0v) is 9.11. The number of hydrogen-bond acceptors (Lipinski definition) is 3. The lowest BCUT2D eigenvalue weighted by molar-refractivity contribution is 0.322. The number of aromatic amines is 1. The van der Waals surface area contributed by atoms with Crippen LogP contribution in [-0.4, -0.2) is 16.4 Å². The van der Waals surface area contributed by atoms with E-state index >= 15 is 0 Å². The van der Waals surface area contributed by atoms with Gasteiger partial charge in [-0.25, -0.2) is 0 Å². The molecule has 0 aliphatic carbocycles. The number of rotatable bonds is 1. The predicted octanol–water partition coefficient (Wildman–Crippen LogP) is 1.95. The highest BCUT2D eigenvalue weighted by molar-refractivity contribution is 5.89. The number of nitrogens with zero attached hydrogens (tertiary/aromatic N) is 1. The van der Waals surface area contributed by atoms with Crippen LogP contribution in [0.4, 0.5) is 0 Å². The van der Waals surface area contributed by atoms with E-state index < -0.39 is 0 Å². The Morgan fingerprint density at radius 2 is 2.06 bits per heavy atom. The minimum absolute atomic E-state index is 0.253. The summed E-state index contributed by atoms with van der Waals surface area (Å²) in [4.78, 5) is 14.4. The second-order valence-corrected chi connectivity index (χ2v) is 3.84. The molecule has 4 nitrogen and oxygen atoms in total. The Kier molecular flexibility index (Phi) is 2.48. The summed E-state index contributed by atoms with van der Waals surface area (Å²) >= 11 is 0. The molecule has 2 N–H and O–H groups in total. The second-order valence-electron chi connectivity index (χ2n) is 3.84. The molecule has 1 aromatic heterocycles. The minimum atomic E-state index is -0.253. The van der Waals surface area contributed by atoms with Crippen molar-refractivity contribution in [2.45, 2.75) is 13.8 Å². The Morgan fingerprint density at radius 1 is 1.31 bits per heavy atom. The number of hydrogen-bond donors (Lipinski definition) is 2. The highest BCUT2D eigenvalue weighted by atomic mass is 16.4. The number of aromatic nitrogens is 1. The van der Waals surface area contributed by atoms with Gasteiger partial charge in [0.15, 0.2) is 0 Å². The quantitative estimate of drug-likeness (QED) is 0.434. The fourth-order valence-electron chi connectivity index (χ4n) is 1.86. The van der Waals surface area contributed by atoms with E-state index in [0.29, 0.717) is 5.56 Å². The smallest absolute Gasteiger partial charge is 0.257 e. The van der Waals surface area contributed by atoms with Crippen LogP contribution in [0.25, 0.3) is 10.9 Å². The van der Waals surface area contributed by atoms with Crippen LogP contribution in [0, 0.1) is 13.8 Å². The van der Waals surface area contributed by atoms with Crippen molar-refractivity contribution in [1.82, 2.24) is 4.98 Å². The first-order chi connectivity index (χ1) is 7.61. The van der Waals surface area contributed by atoms with Crippen LogP contribution in [-0.2, 0) is 0 Å². The lowest BCUT2D eigenvalue weighted by Crippen LogP contribution is -2.12. The molecular formula is C12H12N2O2. The predicted molar refractivity (Wildman–Crippen MR) is 63.4 cm³/mol. The zero-order chi connectivity index (χ0) is 11.7. The van der Waals surface area contributed by atoms with Gasteiger partial charge in [0, 0.05) is 0 Å². The Balaban J connectivity index is 2.84. The molecule has 0 radical (unpaired) electrons. The van der Waals surface area contributed by atoms with E-state index in [9.17, 15) is 4.79 Å². The Morgan fingerprint density at radius 3 is 2.75 bits per heavy atom. The molecule has 2 aromatic rings. The molecular weight excluding hydrogens is 204 g/mol. The molecule has 82 valence electrons. The monoisotopic (exact) mass is 216 g/mol. The zero-order valence-electron chi connectivity index (χ0n) is 9.11. The molecule has 0 saturated carbocycles. The molecule has 0 spiro atoms. The number of H-pyrrole nitrogens is 1. The van der Waals surface area contributed by atoms with Gasteiger partial charge < -0.3 is 10.2 Å². The number of fused-ring (bicyclic) bond motifs is 1. The largest absolute Gasteiger partial charge is 0.411 e. The fraction of sp³-hybridized carbons (Fsp3) is 0.167. The van der Waals surface area contributed by atoms with Crippen LogP contribution in [0.3, 0.4) is 0 Å². The van der Waals surface area contributed by atoms with Gasteiger partial charge in [-0.15, -0.1) is 0 Å². The first-order valence-corrected chi connectivity index (χ1v) is 4.93. The third-order valence-corrected chi connectivity index (χ3v) is 2.52. The van der Waals surface area contributed by atoms with Crippen molar-refractivity contribution in [3.63, 3.8) is 0 Å². The topological polar surface area (TPSA) is 65.5 Å². The number of aryl methyl sites for hydroxylation is 2. The molecule has 0 atom stereocenters. The van der Waals surface area contributed by atoms with Crippen molar-refractivity contribution in [3.05, 3.63) is 45.2 Å². The minimum Gasteiger partial charge on any atom is -0.411 e. The van der Waals surface area contributed by atoms with Gasteiger partial charge >= 0.3 is 0 Å². The number of nitrogens with one attached hydrogen (secondary N) is 1. The number of oxime groups is 1. The summed E-state index contributed by atoms with van der Waals surface area (Å²) in [6.07, 6.45) is 1.13. The van der Waals surface area contributed by atoms with E-state index in [1.54, 1.807) is 6.07 Å². The van der Waals surface area contributed by atoms with E-state index in [1.807, 2.05) is 26.0 Å². The maximum absolute atomic E-state index is 11.6. The van der Waals surface area contributed by atoms with Crippen molar-refractivity contribution in [3.8, 4) is 0 Å². The molecule has 0 amide bonds. The molecule has 4 heteroatoms. The van der Waals surface area contributed by atoms with Crippen molar-refractivity contribution in [2.75, 3.05) is 0 Å². The molecule has 1 heterocycles. The van der Waals surface area contributed by atoms with Crippen LogP contribution < -0.4 is 5.56 Å². The van der Waals surface area contributed by atoms with Crippen molar-refractivity contribution >= 4 is 17.1 Å². The van der Waals surface area contributed by atoms with Gasteiger partial charge in [0.2, 0.25) is 0 Å². The summed E-state index contributed by atoms with van der Waals surface area (Å²) in [5.41, 5.74) is 3.08. The average molecular weight is 216 g/mol. The summed E-state index contributed by atoms with van der Waals surface area (Å²) in [6.45, 7) is 3.95. The van der Waals surface area contributed by atoms with Crippen molar-refractivity contribution < 1.29 is 5.21 Å². The van der Waals surface area contributed by atoms with Crippen LogP contribution in [0.15, 0.2) is 28.1 Å². The molecule has 0 saturated heterocycles. The molecule has 0 bridgehead atoms. The van der Waals surface area contributed by atoms with Crippen LogP contribution in [0.2, 0.25) is 0 Å². The van der Waals surface area contributed by atoms with Gasteiger partial charge in [0.1, 0.15) is 0 Å². The molecule has 2 rings (SSSR count). The van der Waals surface area contributed by atoms with Gasteiger partial charge in [-0.2, -0.15) is 0 Å². The fourth-order valence-corrected chi connectivity index (χ4v) is 1.86. The van der Waals surface area contributed by atoms with E-state index in [2.05, 4.69) is 10.1 Å². The van der Waals surface area contributed by atoms with Gasteiger partial charge in [0.05, 0.1) is 17.3 Å². The molecule has 1 aromatic carbocycles. The highest BCUT2D eigenvalue weighted by Gasteiger charge is 2.03. The van der Waals surface area contributed by atoms with Crippen LogP contribution in [0.5, 0.6) is 0 Å². The summed E-state index contributed by atoms with van der Waals surface area (Å²) < 4.78 is 0. The van der Waals surface area contributed by atoms with Gasteiger partial charge in [-0.3, -0.25) is 4.79 Å². The summed E-state index contributed by atoms with van der Waals surface area (Å²) in [5, 5.41) is 12.3. The molecule has 0 fully saturated rings. The highest BCUT2D eigenvalue weighted by Crippen LogP contribution is 2.17. The molecule has 16 heavy (non-hydrogen) atoms. The molecule has 0 unspecified atom stereocenters. The first kappa shape index (κ1) is 10.4. The maximum atomic E-state index is 11.6. The van der Waals surface area contributed by atoms with E-state index in [1.165, 1.54) is 0 Å². The summed E-state index contributed by atoms with van der Waals surface area (Å²) in [5.74, 6) is 0. The standard InChI is InChI=1S/C12H12N2O2/c1-7-3-8(2)11-9(4-7)5-10(6-13-16)12(15)14-11/h3-6,16H,1-2H3,(H,14,15). The lowest BCUT2D eigenvalue weighted by Gasteiger charge is -2.04. The Bertz CT molecular complexity index is 627. The number of benzene rings is 1. The SMILES string of the molecule is Cc1cc(C)c2[nH]c(=O)c(C=NO)cc2c1. The van der Waals surface area contributed by atoms with E-state index in [0.717, 1.165) is 28.2 Å². The Hall–Kier alpha value is -2.10. The van der Waals surface area contributed by atoms with Crippen molar-refractivity contribution in [1.29, 1.82) is 0 Å². The van der Waals surface area contributed by atoms with Crippen molar-refractivity contribution in [2.24, 2.45) is 5.16 Å². The normalized spacial score (nSPS) is 11.4. The third kappa shape index (κ3) is 1.69. The van der Waals surface area contributed by atoms with Gasteiger partial charge in [-0.1, -0.05) is 16.8 Å². The summed E-state index contributed by atoms with van der Waals surface area (Å²) in [6, 6.07) is 5.71. The lowest BCUT2D eigenvalue weighted by atomic mass is 10.1. The van der Waals surface area contributed by atoms with Gasteiger partial charge in [0.25, 0.3) is 5.56 Å². The first-order valence-electron chi connectivity index (χ1n) is 4.93. The molecule has 0 aliphatic heterocycles. The van der Waals surface area contributed by atoms with E-state index in [4.69, 9.17) is 5.21 Å². The van der Waals surface area contributed by atoms with Crippen LogP contribution in [0.1, 0.15) is 16.7 Å². The average Bonchev–Trinajstić information content (AvgIpc) is 2.21. The van der Waals surface area contributed by atoms with Gasteiger partial charge in [-0.05, 0) is 36.9 Å². The number of pyridine rings is 1. The second kappa shape index (κ2) is 3.81.